The Bertz CT molecular complexity index is 1440. The number of β-amino-alcohol motifs (C(OH)–C–C–N with tert-alkyl or cyclic N) is 1. The van der Waals surface area contributed by atoms with Crippen LogP contribution in [0.1, 0.15) is 32.3 Å². The highest BCUT2D eigenvalue weighted by atomic mass is 16.6. The number of nitro groups is 1. The lowest BCUT2D eigenvalue weighted by molar-refractivity contribution is -0.384. The molecule has 238 valence electrons. The van der Waals surface area contributed by atoms with Gasteiger partial charge in [-0.2, -0.15) is 0 Å². The molecule has 0 aliphatic carbocycles. The summed E-state index contributed by atoms with van der Waals surface area (Å²) in [5.74, 6) is -2.37. The van der Waals surface area contributed by atoms with E-state index in [0.717, 1.165) is 0 Å². The largest absolute Gasteiger partial charge is 0.545 e. The molecule has 44 heavy (non-hydrogen) atoms. The Morgan fingerprint density at radius 1 is 1.14 bits per heavy atom. The normalized spacial score (nSPS) is 16.0. The molecule has 2 aromatic rings. The Hall–Kier alpha value is -4.46. The zero-order valence-corrected chi connectivity index (χ0v) is 25.7. The van der Waals surface area contributed by atoms with E-state index in [4.69, 9.17) is 14.2 Å². The van der Waals surface area contributed by atoms with Crippen LogP contribution in [0.5, 0.6) is 11.5 Å². The number of benzene rings is 2. The molecule has 0 bridgehead atoms. The molecule has 2 unspecified atom stereocenters. The molecule has 0 fully saturated rings. The molecular formula is C31H39N4O9-. The van der Waals surface area contributed by atoms with Crippen molar-refractivity contribution in [3.05, 3.63) is 86.7 Å². The summed E-state index contributed by atoms with van der Waals surface area (Å²) in [6.45, 7) is 6.29. The Morgan fingerprint density at radius 3 is 2.43 bits per heavy atom. The summed E-state index contributed by atoms with van der Waals surface area (Å²) in [6.07, 6.45) is -0.822. The van der Waals surface area contributed by atoms with Crippen LogP contribution in [0.3, 0.4) is 0 Å². The predicted molar refractivity (Wildman–Crippen MR) is 160 cm³/mol. The van der Waals surface area contributed by atoms with Crippen LogP contribution >= 0.6 is 0 Å². The van der Waals surface area contributed by atoms with E-state index in [9.17, 15) is 29.9 Å². The molecule has 2 atom stereocenters. The number of nitrogens with one attached hydrogen (secondary N) is 2. The predicted octanol–water partition coefficient (Wildman–Crippen LogP) is 1.48. The average Bonchev–Trinajstić information content (AvgIpc) is 2.97. The number of carboxylic acids is 1. The molecule has 3 rings (SSSR count). The smallest absolute Gasteiger partial charge is 0.336 e. The summed E-state index contributed by atoms with van der Waals surface area (Å²) in [6, 6.07) is 12.6. The topological polar surface area (TPSA) is 176 Å². The van der Waals surface area contributed by atoms with Crippen LogP contribution in [0, 0.1) is 10.1 Å². The third kappa shape index (κ3) is 8.56. The molecule has 1 aliphatic heterocycles. The fourth-order valence-corrected chi connectivity index (χ4v) is 5.23. The number of aliphatic carboxylic acids is 1. The second kappa shape index (κ2) is 14.8. The SMILES string of the molecule is COC(=O)C1=C(C)NC(CN(C)CC(C)(C)NCC(O)COc2ccccc2OC)=C(C(=O)[O-])C1c1cccc([N+](=O)[O-])c1. The van der Waals surface area contributed by atoms with E-state index in [1.807, 2.05) is 30.9 Å². The minimum Gasteiger partial charge on any atom is -0.545 e. The number of allylic oxidation sites excluding steroid dienone is 1. The van der Waals surface area contributed by atoms with Gasteiger partial charge in [0.1, 0.15) is 12.7 Å². The van der Waals surface area contributed by atoms with Gasteiger partial charge in [-0.25, -0.2) is 4.79 Å². The molecule has 0 spiro atoms. The molecule has 0 amide bonds. The van der Waals surface area contributed by atoms with Crippen LogP contribution in [0.2, 0.25) is 0 Å². The first-order valence-electron chi connectivity index (χ1n) is 13.9. The minimum absolute atomic E-state index is 0.0185. The average molecular weight is 612 g/mol. The lowest BCUT2D eigenvalue weighted by atomic mass is 9.80. The Labute approximate surface area is 256 Å². The van der Waals surface area contributed by atoms with Crippen molar-refractivity contribution >= 4 is 17.6 Å². The van der Waals surface area contributed by atoms with E-state index < -0.39 is 34.4 Å². The Balaban J connectivity index is 1.77. The second-order valence-corrected chi connectivity index (χ2v) is 11.2. The van der Waals surface area contributed by atoms with Gasteiger partial charge >= 0.3 is 5.97 Å². The van der Waals surface area contributed by atoms with Crippen molar-refractivity contribution in [1.29, 1.82) is 0 Å². The van der Waals surface area contributed by atoms with Crippen LogP contribution in [0.25, 0.3) is 0 Å². The van der Waals surface area contributed by atoms with E-state index in [1.165, 1.54) is 38.5 Å². The van der Waals surface area contributed by atoms with Gasteiger partial charge in [-0.15, -0.1) is 0 Å². The summed E-state index contributed by atoms with van der Waals surface area (Å²) in [5.41, 5.74) is -0.109. The number of rotatable bonds is 15. The first kappa shape index (κ1) is 34.0. The maximum atomic E-state index is 12.8. The number of likely N-dealkylation sites (N-methyl/N-ethyl adjacent to an activating group) is 1. The van der Waals surface area contributed by atoms with Gasteiger partial charge in [0.15, 0.2) is 11.5 Å². The van der Waals surface area contributed by atoms with Crippen molar-refractivity contribution in [3.63, 3.8) is 0 Å². The summed E-state index contributed by atoms with van der Waals surface area (Å²) < 4.78 is 15.9. The Kier molecular flexibility index (Phi) is 11.5. The monoisotopic (exact) mass is 611 g/mol. The molecule has 3 N–H and O–H groups in total. The minimum atomic E-state index is -1.53. The quantitative estimate of drug-likeness (QED) is 0.151. The number of aliphatic hydroxyl groups is 1. The van der Waals surface area contributed by atoms with E-state index in [-0.39, 0.29) is 47.8 Å². The van der Waals surface area contributed by atoms with Crippen molar-refractivity contribution in [1.82, 2.24) is 15.5 Å². The molecule has 0 saturated heterocycles. The summed E-state index contributed by atoms with van der Waals surface area (Å²) in [5, 5.41) is 40.9. The summed E-state index contributed by atoms with van der Waals surface area (Å²) in [4.78, 5) is 38.1. The van der Waals surface area contributed by atoms with Crippen LogP contribution in [0.15, 0.2) is 71.1 Å². The van der Waals surface area contributed by atoms with Crippen LogP contribution in [-0.4, -0.2) is 86.0 Å². The number of non-ortho nitro benzene ring substituents is 1. The number of carboxylic acid groups (broad SMARTS) is 1. The molecule has 1 heterocycles. The number of esters is 1. The molecular weight excluding hydrogens is 572 g/mol. The zero-order valence-electron chi connectivity index (χ0n) is 25.7. The molecule has 13 nitrogen and oxygen atoms in total. The fraction of sp³-hybridized carbons (Fsp3) is 0.419. The number of nitro benzene ring substituents is 1. The van der Waals surface area contributed by atoms with Crippen LogP contribution < -0.4 is 25.2 Å². The van der Waals surface area contributed by atoms with E-state index in [1.54, 1.807) is 26.1 Å². The second-order valence-electron chi connectivity index (χ2n) is 11.2. The number of hydrogen-bond acceptors (Lipinski definition) is 12. The standard InChI is InChI=1S/C31H40N4O9/c1-19-26(30(39)43-6)27(20-10-9-11-21(14-20)35(40)41)28(29(37)38)23(33-19)16-34(4)18-31(2,3)32-15-22(36)17-44-25-13-8-7-12-24(25)42-5/h7-14,22,27,32-33,36H,15-18H2,1-6H3,(H,37,38)/p-1. The van der Waals surface area contributed by atoms with Crippen molar-refractivity contribution < 1.29 is 38.9 Å². The Morgan fingerprint density at radius 2 is 1.82 bits per heavy atom. The molecule has 13 heteroatoms. The van der Waals surface area contributed by atoms with Gasteiger partial charge in [0.05, 0.1) is 30.7 Å². The number of aliphatic hydroxyl groups excluding tert-OH is 1. The number of carbonyl (C=O) groups excluding carboxylic acids is 2. The van der Waals surface area contributed by atoms with E-state index >= 15 is 0 Å². The van der Waals surface area contributed by atoms with Crippen molar-refractivity contribution in [2.45, 2.75) is 38.3 Å². The summed E-state index contributed by atoms with van der Waals surface area (Å²) in [7, 11) is 4.51. The first-order valence-corrected chi connectivity index (χ1v) is 13.9. The van der Waals surface area contributed by atoms with Crippen molar-refractivity contribution in [2.24, 2.45) is 0 Å². The van der Waals surface area contributed by atoms with Gasteiger partial charge < -0.3 is 39.9 Å². The lowest BCUT2D eigenvalue weighted by Crippen LogP contribution is -2.52. The number of para-hydroxylation sites is 2. The first-order chi connectivity index (χ1) is 20.8. The van der Waals surface area contributed by atoms with Crippen LogP contribution in [-0.2, 0) is 14.3 Å². The number of carbonyl (C=O) groups is 2. The van der Waals surface area contributed by atoms with E-state index in [0.29, 0.717) is 23.7 Å². The summed E-state index contributed by atoms with van der Waals surface area (Å²) >= 11 is 0. The number of methoxy groups -OCH3 is 2. The molecule has 0 radical (unpaired) electrons. The highest BCUT2D eigenvalue weighted by molar-refractivity contribution is 5.98. The highest BCUT2D eigenvalue weighted by Gasteiger charge is 2.36. The third-order valence-electron chi connectivity index (χ3n) is 7.09. The third-order valence-corrected chi connectivity index (χ3v) is 7.09. The van der Waals surface area contributed by atoms with Crippen molar-refractivity contribution in [2.75, 3.05) is 47.5 Å². The fourth-order valence-electron chi connectivity index (χ4n) is 5.23. The molecule has 1 aliphatic rings. The maximum absolute atomic E-state index is 12.8. The number of dihydropyridines is 1. The van der Waals surface area contributed by atoms with Gasteiger partial charge in [0, 0.05) is 60.2 Å². The zero-order chi connectivity index (χ0) is 32.6. The van der Waals surface area contributed by atoms with E-state index in [2.05, 4.69) is 10.6 Å². The van der Waals surface area contributed by atoms with Gasteiger partial charge in [-0.1, -0.05) is 24.3 Å². The van der Waals surface area contributed by atoms with Gasteiger partial charge in [0.2, 0.25) is 0 Å². The van der Waals surface area contributed by atoms with Crippen LogP contribution in [0.4, 0.5) is 5.69 Å². The van der Waals surface area contributed by atoms with Crippen molar-refractivity contribution in [3.8, 4) is 11.5 Å². The highest BCUT2D eigenvalue weighted by Crippen LogP contribution is 2.39. The van der Waals surface area contributed by atoms with Gasteiger partial charge in [-0.05, 0) is 45.5 Å². The molecule has 2 aromatic carbocycles. The maximum Gasteiger partial charge on any atom is 0.336 e. The van der Waals surface area contributed by atoms with Gasteiger partial charge in [-0.3, -0.25) is 15.0 Å². The van der Waals surface area contributed by atoms with Gasteiger partial charge in [0.25, 0.3) is 5.69 Å². The molecule has 0 aromatic heterocycles. The number of nitrogens with zero attached hydrogens (tertiary/aromatic N) is 2. The molecule has 0 saturated carbocycles. The number of hydrogen-bond donors (Lipinski definition) is 3. The lowest BCUT2D eigenvalue weighted by Gasteiger charge is -2.36. The number of ether oxygens (including phenoxy) is 3.